The Morgan fingerprint density at radius 1 is 0.931 bits per heavy atom. The Balaban J connectivity index is 2.11. The molecule has 0 fully saturated rings. The fourth-order valence-corrected chi connectivity index (χ4v) is 4.49. The van der Waals surface area contributed by atoms with Crippen molar-refractivity contribution >= 4 is 16.7 Å². The lowest BCUT2D eigenvalue weighted by Gasteiger charge is -2.14. The minimum absolute atomic E-state index is 0.0713. The normalized spacial score (nSPS) is 11.2. The highest BCUT2D eigenvalue weighted by Gasteiger charge is 2.23. The van der Waals surface area contributed by atoms with Crippen LogP contribution in [0.2, 0.25) is 0 Å². The van der Waals surface area contributed by atoms with E-state index in [4.69, 9.17) is 4.98 Å². The fraction of sp³-hybridized carbons (Fsp3) is 0.231. The van der Waals surface area contributed by atoms with Gasteiger partial charge in [0.1, 0.15) is 0 Å². The van der Waals surface area contributed by atoms with Crippen LogP contribution in [-0.2, 0) is 6.54 Å². The minimum Gasteiger partial charge on any atom is -0.338 e. The Hall–Kier alpha value is -3.20. The molecule has 0 bridgehead atoms. The smallest absolute Gasteiger partial charge is 0.161 e. The van der Waals surface area contributed by atoms with Crippen LogP contribution in [0.5, 0.6) is 0 Å². The van der Waals surface area contributed by atoms with Gasteiger partial charge in [0.2, 0.25) is 0 Å². The Morgan fingerprint density at radius 3 is 2.24 bits per heavy atom. The molecule has 3 heteroatoms. The van der Waals surface area contributed by atoms with Gasteiger partial charge in [-0.05, 0) is 51.3 Å². The summed E-state index contributed by atoms with van der Waals surface area (Å²) in [6.45, 7) is 10.7. The van der Waals surface area contributed by atoms with Gasteiger partial charge < -0.3 is 4.57 Å². The van der Waals surface area contributed by atoms with Gasteiger partial charge >= 0.3 is 0 Å². The average molecular weight is 383 g/mol. The van der Waals surface area contributed by atoms with E-state index in [1.54, 1.807) is 6.92 Å². The molecule has 0 saturated heterocycles. The topological polar surface area (TPSA) is 34.9 Å². The molecule has 0 aliphatic rings. The van der Waals surface area contributed by atoms with Gasteiger partial charge in [0, 0.05) is 34.4 Å². The molecule has 0 aliphatic carbocycles. The zero-order valence-electron chi connectivity index (χ0n) is 17.7. The summed E-state index contributed by atoms with van der Waals surface area (Å²) in [6, 6.07) is 18.9. The number of rotatable bonds is 4. The SMILES string of the molecule is CC(=O)c1c(C)nc2c(-c3ccccc3C)n(Cc3ccccc3)c(C)c2c1C. The number of ketones is 1. The van der Waals surface area contributed by atoms with Gasteiger partial charge in [0.05, 0.1) is 11.2 Å². The highest BCUT2D eigenvalue weighted by Crippen LogP contribution is 2.38. The molecule has 0 radical (unpaired) electrons. The van der Waals surface area contributed by atoms with E-state index >= 15 is 0 Å². The predicted octanol–water partition coefficient (Wildman–Crippen LogP) is 6.19. The summed E-state index contributed by atoms with van der Waals surface area (Å²) < 4.78 is 2.35. The Labute approximate surface area is 172 Å². The number of nitrogens with zero attached hydrogens (tertiary/aromatic N) is 2. The van der Waals surface area contributed by atoms with Crippen LogP contribution in [0.4, 0.5) is 0 Å². The number of fused-ring (bicyclic) bond motifs is 1. The number of carbonyl (C=O) groups is 1. The molecule has 0 atom stereocenters. The second-order valence-corrected chi connectivity index (χ2v) is 7.80. The van der Waals surface area contributed by atoms with Crippen molar-refractivity contribution in [2.24, 2.45) is 0 Å². The van der Waals surface area contributed by atoms with Gasteiger partial charge in [-0.3, -0.25) is 9.78 Å². The first kappa shape index (κ1) is 19.1. The van der Waals surface area contributed by atoms with Gasteiger partial charge in [-0.1, -0.05) is 54.6 Å². The van der Waals surface area contributed by atoms with Crippen molar-refractivity contribution < 1.29 is 4.79 Å². The molecule has 0 amide bonds. The minimum atomic E-state index is 0.0713. The lowest BCUT2D eigenvalue weighted by Crippen LogP contribution is -2.04. The monoisotopic (exact) mass is 382 g/mol. The average Bonchev–Trinajstić information content (AvgIpc) is 2.94. The summed E-state index contributed by atoms with van der Waals surface area (Å²) in [5, 5.41) is 1.09. The van der Waals surface area contributed by atoms with Crippen molar-refractivity contribution in [2.45, 2.75) is 41.2 Å². The van der Waals surface area contributed by atoms with E-state index in [0.717, 1.165) is 45.7 Å². The van der Waals surface area contributed by atoms with Gasteiger partial charge in [0.15, 0.2) is 5.78 Å². The molecule has 0 aliphatic heterocycles. The number of pyridine rings is 1. The lowest BCUT2D eigenvalue weighted by atomic mass is 9.98. The van der Waals surface area contributed by atoms with Crippen LogP contribution in [0.15, 0.2) is 54.6 Å². The quantitative estimate of drug-likeness (QED) is 0.395. The molecule has 0 spiro atoms. The lowest BCUT2D eigenvalue weighted by molar-refractivity contribution is 0.101. The molecule has 0 N–H and O–H groups in total. The van der Waals surface area contributed by atoms with Crippen molar-refractivity contribution in [3.05, 3.63) is 88.2 Å². The van der Waals surface area contributed by atoms with Crippen LogP contribution in [-0.4, -0.2) is 15.3 Å². The second kappa shape index (κ2) is 7.32. The van der Waals surface area contributed by atoms with Gasteiger partial charge in [0.25, 0.3) is 0 Å². The molecule has 29 heavy (non-hydrogen) atoms. The predicted molar refractivity (Wildman–Crippen MR) is 120 cm³/mol. The highest BCUT2D eigenvalue weighted by molar-refractivity contribution is 6.05. The van der Waals surface area contributed by atoms with Crippen molar-refractivity contribution in [1.82, 2.24) is 9.55 Å². The number of aryl methyl sites for hydroxylation is 4. The summed E-state index contributed by atoms with van der Waals surface area (Å²) in [5.41, 5.74) is 9.47. The molecule has 4 rings (SSSR count). The zero-order valence-corrected chi connectivity index (χ0v) is 17.7. The van der Waals surface area contributed by atoms with E-state index in [1.807, 2.05) is 13.0 Å². The van der Waals surface area contributed by atoms with Gasteiger partial charge in [-0.25, -0.2) is 0 Å². The van der Waals surface area contributed by atoms with Crippen LogP contribution < -0.4 is 0 Å². The number of aromatic nitrogens is 2. The molecule has 146 valence electrons. The van der Waals surface area contributed by atoms with Gasteiger partial charge in [-0.15, -0.1) is 0 Å². The summed E-state index contributed by atoms with van der Waals surface area (Å²) in [7, 11) is 0. The summed E-state index contributed by atoms with van der Waals surface area (Å²) in [4.78, 5) is 17.3. The number of Topliss-reactive ketones (excluding diaryl/α,β-unsaturated/α-hetero) is 1. The van der Waals surface area contributed by atoms with E-state index in [1.165, 1.54) is 16.7 Å². The maximum Gasteiger partial charge on any atom is 0.161 e. The van der Waals surface area contributed by atoms with Crippen LogP contribution in [0.25, 0.3) is 22.2 Å². The largest absolute Gasteiger partial charge is 0.338 e. The van der Waals surface area contributed by atoms with Crippen LogP contribution in [0, 0.1) is 27.7 Å². The summed E-state index contributed by atoms with van der Waals surface area (Å²) in [6.07, 6.45) is 0. The van der Waals surface area contributed by atoms with Crippen molar-refractivity contribution in [3.8, 4) is 11.3 Å². The maximum absolute atomic E-state index is 12.3. The first-order valence-corrected chi connectivity index (χ1v) is 10.0. The number of carbonyl (C=O) groups excluding carboxylic acids is 1. The number of hydrogen-bond donors (Lipinski definition) is 0. The van der Waals surface area contributed by atoms with Gasteiger partial charge in [-0.2, -0.15) is 0 Å². The standard InChI is InChI=1S/C26H26N2O/c1-16-11-9-10-14-22(16)26-25-24(17(2)23(20(5)29)18(3)27-25)19(4)28(26)15-21-12-7-6-8-13-21/h6-14H,15H2,1-5H3. The van der Waals surface area contributed by atoms with E-state index in [9.17, 15) is 4.79 Å². The van der Waals surface area contributed by atoms with Crippen LogP contribution >= 0.6 is 0 Å². The van der Waals surface area contributed by atoms with E-state index in [0.29, 0.717) is 0 Å². The second-order valence-electron chi connectivity index (χ2n) is 7.80. The molecular weight excluding hydrogens is 356 g/mol. The maximum atomic E-state index is 12.3. The molecule has 2 aromatic heterocycles. The third kappa shape index (κ3) is 3.17. The third-order valence-corrected chi connectivity index (χ3v) is 5.82. The third-order valence-electron chi connectivity index (χ3n) is 5.82. The Bertz CT molecular complexity index is 1230. The number of benzene rings is 2. The van der Waals surface area contributed by atoms with E-state index in [-0.39, 0.29) is 5.78 Å². The van der Waals surface area contributed by atoms with E-state index in [2.05, 4.69) is 73.9 Å². The van der Waals surface area contributed by atoms with E-state index < -0.39 is 0 Å². The van der Waals surface area contributed by atoms with Crippen LogP contribution in [0.3, 0.4) is 0 Å². The van der Waals surface area contributed by atoms with Crippen molar-refractivity contribution in [2.75, 3.05) is 0 Å². The molecule has 2 heterocycles. The fourth-order valence-electron chi connectivity index (χ4n) is 4.49. The van der Waals surface area contributed by atoms with Crippen LogP contribution in [0.1, 0.15) is 45.4 Å². The highest BCUT2D eigenvalue weighted by atomic mass is 16.1. The summed E-state index contributed by atoms with van der Waals surface area (Å²) in [5.74, 6) is 0.0713. The zero-order chi connectivity index (χ0) is 20.7. The Kier molecular flexibility index (Phi) is 4.83. The Morgan fingerprint density at radius 2 is 1.59 bits per heavy atom. The number of hydrogen-bond acceptors (Lipinski definition) is 2. The first-order valence-electron chi connectivity index (χ1n) is 10.0. The first-order chi connectivity index (χ1) is 13.9. The van der Waals surface area contributed by atoms with Crippen molar-refractivity contribution in [1.29, 1.82) is 0 Å². The summed E-state index contributed by atoms with van der Waals surface area (Å²) >= 11 is 0. The molecule has 4 aromatic rings. The molecule has 2 aromatic carbocycles. The molecule has 3 nitrogen and oxygen atoms in total. The molecule has 0 saturated carbocycles. The van der Waals surface area contributed by atoms with Crippen molar-refractivity contribution in [3.63, 3.8) is 0 Å². The molecular formula is C26H26N2O. The molecule has 0 unspecified atom stereocenters.